The lowest BCUT2D eigenvalue weighted by Gasteiger charge is -2.09. The molecule has 0 fully saturated rings. The molecular formula is C14H12ClN7O3. The van der Waals surface area contributed by atoms with Crippen LogP contribution in [0.2, 0.25) is 5.28 Å². The van der Waals surface area contributed by atoms with Crippen LogP contribution in [0.1, 0.15) is 26.4 Å². The van der Waals surface area contributed by atoms with Gasteiger partial charge in [0.1, 0.15) is 5.69 Å². The van der Waals surface area contributed by atoms with Crippen LogP contribution in [0.25, 0.3) is 0 Å². The molecule has 2 heterocycles. The van der Waals surface area contributed by atoms with Crippen molar-refractivity contribution in [3.63, 3.8) is 0 Å². The zero-order chi connectivity index (χ0) is 17.8. The van der Waals surface area contributed by atoms with E-state index in [9.17, 15) is 9.59 Å². The molecule has 1 aromatic carbocycles. The molecule has 1 amide bonds. The zero-order valence-corrected chi connectivity index (χ0v) is 13.7. The van der Waals surface area contributed by atoms with E-state index in [0.717, 1.165) is 5.56 Å². The minimum absolute atomic E-state index is 0.0382. The Kier molecular flexibility index (Phi) is 4.70. The highest BCUT2D eigenvalue weighted by Gasteiger charge is 2.17. The monoisotopic (exact) mass is 361 g/mol. The number of aromatic amines is 1. The summed E-state index contributed by atoms with van der Waals surface area (Å²) in [5.41, 5.74) is 1.48. The van der Waals surface area contributed by atoms with E-state index in [-0.39, 0.29) is 23.5 Å². The highest BCUT2D eigenvalue weighted by Crippen LogP contribution is 2.16. The van der Waals surface area contributed by atoms with E-state index in [1.165, 1.54) is 17.9 Å². The van der Waals surface area contributed by atoms with Gasteiger partial charge in [0, 0.05) is 0 Å². The summed E-state index contributed by atoms with van der Waals surface area (Å²) in [6, 6.07) is 6.74. The highest BCUT2D eigenvalue weighted by atomic mass is 35.5. The molecule has 0 radical (unpaired) electrons. The topological polar surface area (TPSA) is 128 Å². The van der Waals surface area contributed by atoms with Gasteiger partial charge in [-0.3, -0.25) is 10.1 Å². The fourth-order valence-corrected chi connectivity index (χ4v) is 2.31. The predicted molar refractivity (Wildman–Crippen MR) is 86.3 cm³/mol. The summed E-state index contributed by atoms with van der Waals surface area (Å²) in [7, 11) is 1.32. The number of benzene rings is 1. The summed E-state index contributed by atoms with van der Waals surface area (Å²) in [6.07, 6.45) is 1.35. The van der Waals surface area contributed by atoms with Crippen LogP contribution in [0.5, 0.6) is 0 Å². The largest absolute Gasteiger partial charge is 0.465 e. The van der Waals surface area contributed by atoms with Crippen molar-refractivity contribution >= 4 is 29.4 Å². The number of nitrogens with one attached hydrogen (secondary N) is 2. The van der Waals surface area contributed by atoms with Crippen molar-refractivity contribution in [2.24, 2.45) is 0 Å². The number of tetrazole rings is 1. The minimum Gasteiger partial charge on any atom is -0.465 e. The summed E-state index contributed by atoms with van der Waals surface area (Å²) < 4.78 is 6.17. The molecule has 2 N–H and O–H groups in total. The van der Waals surface area contributed by atoms with E-state index in [0.29, 0.717) is 5.56 Å². The number of H-pyrrole nitrogens is 1. The molecular weight excluding hydrogens is 350 g/mol. The molecule has 3 rings (SSSR count). The number of nitrogens with zero attached hydrogens (tertiary/aromatic N) is 5. The minimum atomic E-state index is -0.480. The number of hydrogen-bond donors (Lipinski definition) is 2. The maximum atomic E-state index is 12.3. The lowest BCUT2D eigenvalue weighted by molar-refractivity contribution is 0.0600. The summed E-state index contributed by atoms with van der Waals surface area (Å²) in [4.78, 5) is 27.7. The Bertz CT molecular complexity index is 890. The van der Waals surface area contributed by atoms with Gasteiger partial charge in [-0.25, -0.2) is 9.78 Å². The van der Waals surface area contributed by atoms with E-state index < -0.39 is 11.9 Å². The number of hydrogen-bond acceptors (Lipinski definition) is 7. The van der Waals surface area contributed by atoms with Gasteiger partial charge in [-0.15, -0.1) is 5.10 Å². The van der Waals surface area contributed by atoms with Crippen LogP contribution in [0, 0.1) is 0 Å². The maximum Gasteiger partial charge on any atom is 0.337 e. The van der Waals surface area contributed by atoms with Crippen LogP contribution in [0.3, 0.4) is 0 Å². The van der Waals surface area contributed by atoms with Gasteiger partial charge in [-0.05, 0) is 34.5 Å². The number of ether oxygens (including phenoxy) is 1. The molecule has 0 aliphatic carbocycles. The lowest BCUT2D eigenvalue weighted by atomic mass is 10.1. The van der Waals surface area contributed by atoms with Crippen LogP contribution in [-0.4, -0.2) is 49.2 Å². The number of methoxy groups -OCH3 is 1. The molecule has 0 saturated heterocycles. The van der Waals surface area contributed by atoms with Crippen LogP contribution in [0.15, 0.2) is 30.5 Å². The first-order chi connectivity index (χ1) is 12.1. The molecule has 128 valence electrons. The molecule has 2 aromatic heterocycles. The molecule has 0 aliphatic heterocycles. The summed E-state index contributed by atoms with van der Waals surface area (Å²) in [5, 5.41) is 15.5. The molecule has 0 unspecified atom stereocenters. The number of esters is 1. The second kappa shape index (κ2) is 7.09. The van der Waals surface area contributed by atoms with Gasteiger partial charge in [0.25, 0.3) is 11.9 Å². The zero-order valence-electron chi connectivity index (χ0n) is 12.9. The van der Waals surface area contributed by atoms with E-state index in [4.69, 9.17) is 11.6 Å². The predicted octanol–water partition coefficient (Wildman–Crippen LogP) is 1.14. The summed E-state index contributed by atoms with van der Waals surface area (Å²) in [5.74, 6) is -0.865. The van der Waals surface area contributed by atoms with E-state index in [1.807, 2.05) is 0 Å². The van der Waals surface area contributed by atoms with Gasteiger partial charge in [-0.1, -0.05) is 17.2 Å². The maximum absolute atomic E-state index is 12.3. The van der Waals surface area contributed by atoms with Gasteiger partial charge >= 0.3 is 5.97 Å². The molecule has 25 heavy (non-hydrogen) atoms. The lowest BCUT2D eigenvalue weighted by Crippen LogP contribution is -2.18. The van der Waals surface area contributed by atoms with Crippen molar-refractivity contribution in [3.05, 3.63) is 52.6 Å². The van der Waals surface area contributed by atoms with Gasteiger partial charge in [0.05, 0.1) is 25.4 Å². The Labute approximate surface area is 146 Å². The third-order valence-electron chi connectivity index (χ3n) is 3.33. The second-order valence-corrected chi connectivity index (χ2v) is 5.21. The number of amides is 1. The smallest absolute Gasteiger partial charge is 0.337 e. The van der Waals surface area contributed by atoms with Crippen molar-refractivity contribution in [2.45, 2.75) is 6.54 Å². The molecule has 3 aromatic rings. The number of halogens is 1. The Morgan fingerprint density at radius 3 is 2.72 bits per heavy atom. The average Bonchev–Trinajstić information content (AvgIpc) is 3.25. The SMILES string of the molecule is COC(=O)c1ccc(Cn2c(C(=O)Nc3nn[nH]n3)cnc2Cl)cc1. The molecule has 0 atom stereocenters. The van der Waals surface area contributed by atoms with Crippen LogP contribution < -0.4 is 5.32 Å². The molecule has 11 heteroatoms. The molecule has 0 spiro atoms. The Morgan fingerprint density at radius 1 is 1.32 bits per heavy atom. The van der Waals surface area contributed by atoms with Crippen LogP contribution >= 0.6 is 11.6 Å². The summed E-state index contributed by atoms with van der Waals surface area (Å²) in [6.45, 7) is 0.287. The molecule has 10 nitrogen and oxygen atoms in total. The quantitative estimate of drug-likeness (QED) is 0.652. The first-order valence-corrected chi connectivity index (χ1v) is 7.39. The molecule has 0 bridgehead atoms. The first-order valence-electron chi connectivity index (χ1n) is 7.01. The van der Waals surface area contributed by atoms with E-state index in [2.05, 4.69) is 35.7 Å². The number of carbonyl (C=O) groups is 2. The van der Waals surface area contributed by atoms with Gasteiger partial charge < -0.3 is 9.30 Å². The fourth-order valence-electron chi connectivity index (χ4n) is 2.11. The van der Waals surface area contributed by atoms with Crippen molar-refractivity contribution in [2.75, 3.05) is 12.4 Å². The third kappa shape index (κ3) is 3.63. The first kappa shape index (κ1) is 16.6. The Hall–Kier alpha value is -3.27. The number of imidazole rings is 1. The Balaban J connectivity index is 1.79. The standard InChI is InChI=1S/C14H12ClN7O3/c1-25-12(24)9-4-2-8(3-5-9)7-22-10(6-16-13(22)15)11(23)17-14-18-20-21-19-14/h2-6H,7H2,1H3,(H2,17,18,19,20,21,23). The number of carbonyl (C=O) groups excluding carboxylic acids is 2. The second-order valence-electron chi connectivity index (χ2n) is 4.88. The van der Waals surface area contributed by atoms with E-state index in [1.54, 1.807) is 24.3 Å². The fraction of sp³-hybridized carbons (Fsp3) is 0.143. The van der Waals surface area contributed by atoms with Gasteiger partial charge in [0.2, 0.25) is 5.28 Å². The van der Waals surface area contributed by atoms with Gasteiger partial charge in [0.15, 0.2) is 0 Å². The van der Waals surface area contributed by atoms with Crippen molar-refractivity contribution < 1.29 is 14.3 Å². The van der Waals surface area contributed by atoms with Crippen LogP contribution in [0.4, 0.5) is 5.95 Å². The van der Waals surface area contributed by atoms with E-state index >= 15 is 0 Å². The molecule has 0 saturated carbocycles. The van der Waals surface area contributed by atoms with Crippen molar-refractivity contribution in [3.8, 4) is 0 Å². The normalized spacial score (nSPS) is 10.5. The Morgan fingerprint density at radius 2 is 2.08 bits per heavy atom. The highest BCUT2D eigenvalue weighted by molar-refractivity contribution is 6.28. The number of anilines is 1. The number of aromatic nitrogens is 6. The summed E-state index contributed by atoms with van der Waals surface area (Å²) >= 11 is 6.07. The van der Waals surface area contributed by atoms with Crippen molar-refractivity contribution in [1.82, 2.24) is 30.2 Å². The third-order valence-corrected chi connectivity index (χ3v) is 3.63. The van der Waals surface area contributed by atoms with Crippen molar-refractivity contribution in [1.29, 1.82) is 0 Å². The molecule has 0 aliphatic rings. The van der Waals surface area contributed by atoms with Crippen LogP contribution in [-0.2, 0) is 11.3 Å². The number of rotatable bonds is 5. The van der Waals surface area contributed by atoms with Gasteiger partial charge in [-0.2, -0.15) is 5.21 Å². The average molecular weight is 362 g/mol.